The summed E-state index contributed by atoms with van der Waals surface area (Å²) < 4.78 is 46.5. The quantitative estimate of drug-likeness (QED) is 0.788. The van der Waals surface area contributed by atoms with E-state index >= 15 is 0 Å². The molecule has 0 aliphatic carbocycles. The van der Waals surface area contributed by atoms with Crippen molar-refractivity contribution in [3.63, 3.8) is 0 Å². The number of methoxy groups -OCH3 is 1. The minimum Gasteiger partial charge on any atom is -0.504 e. The van der Waals surface area contributed by atoms with E-state index in [2.05, 4.69) is 10.1 Å². The second kappa shape index (κ2) is 7.16. The van der Waals surface area contributed by atoms with E-state index in [1.165, 1.54) is 18.2 Å². The zero-order chi connectivity index (χ0) is 16.0. The average molecular weight is 307 g/mol. The zero-order valence-corrected chi connectivity index (χ0v) is 11.5. The van der Waals surface area contributed by atoms with Crippen molar-refractivity contribution in [2.45, 2.75) is 19.1 Å². The third kappa shape index (κ3) is 5.14. The number of alkyl halides is 3. The van der Waals surface area contributed by atoms with Crippen LogP contribution in [0.15, 0.2) is 18.2 Å². The molecule has 0 saturated carbocycles. The number of halogens is 3. The summed E-state index contributed by atoms with van der Waals surface area (Å²) in [6.45, 7) is 0.597. The molecule has 8 heteroatoms. The van der Waals surface area contributed by atoms with E-state index in [9.17, 15) is 23.1 Å². The van der Waals surface area contributed by atoms with Gasteiger partial charge in [-0.05, 0) is 24.6 Å². The normalized spacial score (nSPS) is 12.8. The van der Waals surface area contributed by atoms with Gasteiger partial charge in [0, 0.05) is 0 Å². The number of esters is 1. The molecule has 118 valence electrons. The average Bonchev–Trinajstić information content (AvgIpc) is 2.41. The Morgan fingerprint density at radius 3 is 2.62 bits per heavy atom. The van der Waals surface area contributed by atoms with Crippen molar-refractivity contribution < 1.29 is 32.5 Å². The van der Waals surface area contributed by atoms with Gasteiger partial charge in [-0.2, -0.15) is 13.2 Å². The van der Waals surface area contributed by atoms with E-state index in [0.29, 0.717) is 0 Å². The summed E-state index contributed by atoms with van der Waals surface area (Å²) in [5, 5.41) is 11.6. The summed E-state index contributed by atoms with van der Waals surface area (Å²) in [5.74, 6) is -0.954. The highest BCUT2D eigenvalue weighted by Crippen LogP contribution is 2.30. The van der Waals surface area contributed by atoms with Gasteiger partial charge < -0.3 is 14.6 Å². The summed E-state index contributed by atoms with van der Waals surface area (Å²) >= 11 is 0. The largest absolute Gasteiger partial charge is 0.504 e. The fourth-order valence-corrected chi connectivity index (χ4v) is 1.65. The van der Waals surface area contributed by atoms with Crippen LogP contribution in [-0.4, -0.2) is 37.5 Å². The Kier molecular flexibility index (Phi) is 5.83. The van der Waals surface area contributed by atoms with Crippen molar-refractivity contribution in [1.29, 1.82) is 0 Å². The number of aromatic hydroxyl groups is 1. The summed E-state index contributed by atoms with van der Waals surface area (Å²) in [6, 6.07) is 2.55. The summed E-state index contributed by atoms with van der Waals surface area (Å²) in [4.78, 5) is 11.6. The number of benzene rings is 1. The lowest BCUT2D eigenvalue weighted by molar-refractivity contribution is -0.146. The maximum Gasteiger partial charge on any atom is 0.401 e. The van der Waals surface area contributed by atoms with Gasteiger partial charge in [-0.3, -0.25) is 5.32 Å². The van der Waals surface area contributed by atoms with E-state index in [0.717, 1.165) is 7.11 Å². The maximum atomic E-state index is 12.3. The predicted molar refractivity (Wildman–Crippen MR) is 68.1 cm³/mol. The van der Waals surface area contributed by atoms with Gasteiger partial charge >= 0.3 is 12.1 Å². The zero-order valence-electron chi connectivity index (χ0n) is 11.5. The number of hydrogen-bond donors (Lipinski definition) is 2. The minimum atomic E-state index is -4.47. The lowest BCUT2D eigenvalue weighted by Crippen LogP contribution is -2.36. The van der Waals surface area contributed by atoms with Crippen LogP contribution in [0.5, 0.6) is 11.5 Å². The number of rotatable bonds is 6. The highest BCUT2D eigenvalue weighted by atomic mass is 19.4. The smallest absolute Gasteiger partial charge is 0.401 e. The number of hydrogen-bond acceptors (Lipinski definition) is 5. The predicted octanol–water partition coefficient (Wildman–Crippen LogP) is 2.16. The highest BCUT2D eigenvalue weighted by molar-refractivity contribution is 5.77. The van der Waals surface area contributed by atoms with Gasteiger partial charge in [0.25, 0.3) is 0 Å². The SMILES string of the molecule is CCOc1cc(C(NCC(F)(F)F)C(=O)OC)ccc1O. The summed E-state index contributed by atoms with van der Waals surface area (Å²) in [5.41, 5.74) is 0.201. The number of phenolic OH excluding ortho intramolecular Hbond substituents is 1. The topological polar surface area (TPSA) is 67.8 Å². The molecule has 2 N–H and O–H groups in total. The number of phenols is 1. The van der Waals surface area contributed by atoms with Crippen LogP contribution >= 0.6 is 0 Å². The molecule has 0 heterocycles. The molecule has 0 radical (unpaired) electrons. The van der Waals surface area contributed by atoms with Crippen molar-refractivity contribution in [2.24, 2.45) is 0 Å². The Hall–Kier alpha value is -1.96. The van der Waals surface area contributed by atoms with Crippen molar-refractivity contribution in [2.75, 3.05) is 20.3 Å². The summed E-state index contributed by atoms with van der Waals surface area (Å²) in [6.07, 6.45) is -4.47. The number of ether oxygens (including phenoxy) is 2. The van der Waals surface area contributed by atoms with Gasteiger partial charge in [0.2, 0.25) is 0 Å². The summed E-state index contributed by atoms with van der Waals surface area (Å²) in [7, 11) is 1.08. The van der Waals surface area contributed by atoms with Gasteiger partial charge in [0.15, 0.2) is 11.5 Å². The van der Waals surface area contributed by atoms with Crippen LogP contribution in [0, 0.1) is 0 Å². The molecular formula is C13H16F3NO4. The molecule has 0 saturated heterocycles. The Bertz CT molecular complexity index is 491. The second-order valence-electron chi connectivity index (χ2n) is 4.11. The molecule has 1 atom stereocenters. The molecule has 1 aromatic rings. The monoisotopic (exact) mass is 307 g/mol. The first-order chi connectivity index (χ1) is 9.78. The van der Waals surface area contributed by atoms with Gasteiger partial charge in [-0.25, -0.2) is 4.79 Å². The van der Waals surface area contributed by atoms with Crippen LogP contribution in [0.2, 0.25) is 0 Å². The van der Waals surface area contributed by atoms with E-state index < -0.39 is 24.7 Å². The lowest BCUT2D eigenvalue weighted by Gasteiger charge is -2.19. The molecule has 0 amide bonds. The van der Waals surface area contributed by atoms with Crippen LogP contribution < -0.4 is 10.1 Å². The van der Waals surface area contributed by atoms with Gasteiger partial charge in [0.1, 0.15) is 6.04 Å². The van der Waals surface area contributed by atoms with Crippen molar-refractivity contribution >= 4 is 5.97 Å². The van der Waals surface area contributed by atoms with Gasteiger partial charge in [-0.15, -0.1) is 0 Å². The standard InChI is InChI=1S/C13H16F3NO4/c1-3-21-10-6-8(4-5-9(10)18)11(12(19)20-2)17-7-13(14,15)16/h4-6,11,17-18H,3,7H2,1-2H3. The van der Waals surface area contributed by atoms with Crippen molar-refractivity contribution in [3.05, 3.63) is 23.8 Å². The molecular weight excluding hydrogens is 291 g/mol. The number of carbonyl (C=O) groups is 1. The molecule has 1 aromatic carbocycles. The number of nitrogens with one attached hydrogen (secondary N) is 1. The van der Waals surface area contributed by atoms with Crippen LogP contribution in [0.3, 0.4) is 0 Å². The van der Waals surface area contributed by atoms with Crippen LogP contribution in [0.1, 0.15) is 18.5 Å². The molecule has 0 fully saturated rings. The molecule has 0 spiro atoms. The Morgan fingerprint density at radius 2 is 2.10 bits per heavy atom. The lowest BCUT2D eigenvalue weighted by atomic mass is 10.1. The van der Waals surface area contributed by atoms with E-state index in [-0.39, 0.29) is 23.7 Å². The molecule has 1 rings (SSSR count). The fraction of sp³-hybridized carbons (Fsp3) is 0.462. The molecule has 0 aromatic heterocycles. The Labute approximate surface area is 119 Å². The first-order valence-corrected chi connectivity index (χ1v) is 6.12. The van der Waals surface area contributed by atoms with Crippen LogP contribution in [-0.2, 0) is 9.53 Å². The van der Waals surface area contributed by atoms with Crippen molar-refractivity contribution in [3.8, 4) is 11.5 Å². The Balaban J connectivity index is 3.02. The van der Waals surface area contributed by atoms with Crippen molar-refractivity contribution in [1.82, 2.24) is 5.32 Å². The highest BCUT2D eigenvalue weighted by Gasteiger charge is 2.31. The van der Waals surface area contributed by atoms with Crippen LogP contribution in [0.25, 0.3) is 0 Å². The first kappa shape index (κ1) is 17.1. The molecule has 0 aliphatic heterocycles. The van der Waals surface area contributed by atoms with Crippen LogP contribution in [0.4, 0.5) is 13.2 Å². The van der Waals surface area contributed by atoms with Gasteiger partial charge in [0.05, 0.1) is 20.3 Å². The Morgan fingerprint density at radius 1 is 1.43 bits per heavy atom. The molecule has 1 unspecified atom stereocenters. The molecule has 21 heavy (non-hydrogen) atoms. The van der Waals surface area contributed by atoms with E-state index in [4.69, 9.17) is 4.74 Å². The van der Waals surface area contributed by atoms with Gasteiger partial charge in [-0.1, -0.05) is 6.07 Å². The third-order valence-electron chi connectivity index (χ3n) is 2.56. The first-order valence-electron chi connectivity index (χ1n) is 6.12. The maximum absolute atomic E-state index is 12.3. The fourth-order valence-electron chi connectivity index (χ4n) is 1.65. The number of carbonyl (C=O) groups excluding carboxylic acids is 1. The third-order valence-corrected chi connectivity index (χ3v) is 2.56. The minimum absolute atomic E-state index is 0.0812. The van der Waals surface area contributed by atoms with E-state index in [1.807, 2.05) is 0 Å². The second-order valence-corrected chi connectivity index (χ2v) is 4.11. The molecule has 5 nitrogen and oxygen atoms in total. The van der Waals surface area contributed by atoms with E-state index in [1.54, 1.807) is 6.92 Å². The molecule has 0 bridgehead atoms. The molecule has 0 aliphatic rings.